The number of halogens is 2. The summed E-state index contributed by atoms with van der Waals surface area (Å²) in [4.78, 5) is 12.7. The number of sulfonamides is 1. The lowest BCUT2D eigenvalue weighted by atomic mass is 9.86. The second kappa shape index (κ2) is 10.1. The van der Waals surface area contributed by atoms with Crippen LogP contribution in [0.4, 0.5) is 5.69 Å². The molecule has 0 bridgehead atoms. The highest BCUT2D eigenvalue weighted by molar-refractivity contribution is 7.92. The zero-order chi connectivity index (χ0) is 23.4. The number of hydrogen-bond acceptors (Lipinski definition) is 4. The molecule has 0 fully saturated rings. The van der Waals surface area contributed by atoms with Crippen molar-refractivity contribution in [1.82, 2.24) is 5.32 Å². The van der Waals surface area contributed by atoms with Gasteiger partial charge in [0.25, 0.3) is 0 Å². The maximum absolute atomic E-state index is 12.7. The number of carbonyl (C=O) groups is 1. The summed E-state index contributed by atoms with van der Waals surface area (Å²) in [6, 6.07) is 11.2. The first-order valence-corrected chi connectivity index (χ1v) is 12.4. The van der Waals surface area contributed by atoms with E-state index in [4.69, 9.17) is 27.9 Å². The number of rotatable bonds is 8. The van der Waals surface area contributed by atoms with Gasteiger partial charge in [0, 0.05) is 5.02 Å². The highest BCUT2D eigenvalue weighted by Gasteiger charge is 2.30. The molecule has 0 heterocycles. The van der Waals surface area contributed by atoms with Crippen LogP contribution < -0.4 is 14.4 Å². The van der Waals surface area contributed by atoms with Gasteiger partial charge < -0.3 is 10.1 Å². The first-order valence-electron chi connectivity index (χ1n) is 9.77. The molecule has 170 valence electrons. The van der Waals surface area contributed by atoms with Gasteiger partial charge in [-0.3, -0.25) is 9.10 Å². The average molecular weight is 487 g/mol. The Morgan fingerprint density at radius 3 is 2.42 bits per heavy atom. The largest absolute Gasteiger partial charge is 0.491 e. The van der Waals surface area contributed by atoms with Crippen molar-refractivity contribution in [1.29, 1.82) is 0 Å². The molecule has 2 aromatic rings. The van der Waals surface area contributed by atoms with Crippen LogP contribution in [-0.2, 0) is 20.2 Å². The smallest absolute Gasteiger partial charge is 0.243 e. The van der Waals surface area contributed by atoms with E-state index in [1.165, 1.54) is 19.1 Å². The normalized spacial score (nSPS) is 12.9. The Morgan fingerprint density at radius 2 is 1.81 bits per heavy atom. The van der Waals surface area contributed by atoms with E-state index in [0.29, 0.717) is 5.02 Å². The zero-order valence-corrected chi connectivity index (χ0v) is 20.6. The van der Waals surface area contributed by atoms with Crippen LogP contribution in [0.5, 0.6) is 5.75 Å². The van der Waals surface area contributed by atoms with Gasteiger partial charge in [-0.15, -0.1) is 0 Å². The molecule has 1 amide bonds. The molecule has 9 heteroatoms. The summed E-state index contributed by atoms with van der Waals surface area (Å²) in [6.45, 7) is 8.23. The van der Waals surface area contributed by atoms with Gasteiger partial charge in [-0.05, 0) is 42.2 Å². The zero-order valence-electron chi connectivity index (χ0n) is 18.3. The second-order valence-corrected chi connectivity index (χ2v) is 10.9. The summed E-state index contributed by atoms with van der Waals surface area (Å²) in [6.07, 6.45) is 1.01. The first-order chi connectivity index (χ1) is 14.3. The summed E-state index contributed by atoms with van der Waals surface area (Å²) < 4.78 is 31.6. The fraction of sp³-hybridized carbons (Fsp3) is 0.409. The summed E-state index contributed by atoms with van der Waals surface area (Å²) in [5, 5.41) is 3.21. The number of anilines is 1. The fourth-order valence-electron chi connectivity index (χ4n) is 3.13. The summed E-state index contributed by atoms with van der Waals surface area (Å²) in [5.74, 6) is 0.273. The molecule has 0 aliphatic rings. The highest BCUT2D eigenvalue weighted by atomic mass is 35.5. The van der Waals surface area contributed by atoms with Crippen molar-refractivity contribution in [2.75, 3.05) is 23.7 Å². The van der Waals surface area contributed by atoms with Gasteiger partial charge in [0.1, 0.15) is 18.4 Å². The summed E-state index contributed by atoms with van der Waals surface area (Å²) in [5.41, 5.74) is 1.13. The number of carbonyl (C=O) groups excluding carboxylic acids is 1. The molecule has 1 atom stereocenters. The Bertz CT molecular complexity index is 1040. The minimum Gasteiger partial charge on any atom is -0.491 e. The number of benzene rings is 2. The number of ether oxygens (including phenoxy) is 1. The number of amides is 1. The van der Waals surface area contributed by atoms with Crippen LogP contribution in [-0.4, -0.2) is 39.8 Å². The molecule has 2 rings (SSSR count). The lowest BCUT2D eigenvalue weighted by Crippen LogP contribution is -2.48. The van der Waals surface area contributed by atoms with Crippen molar-refractivity contribution in [3.63, 3.8) is 0 Å². The van der Waals surface area contributed by atoms with Gasteiger partial charge in [0.05, 0.1) is 23.5 Å². The van der Waals surface area contributed by atoms with E-state index in [9.17, 15) is 13.2 Å². The molecule has 0 aliphatic carbocycles. The van der Waals surface area contributed by atoms with Crippen LogP contribution in [0, 0.1) is 0 Å². The topological polar surface area (TPSA) is 75.7 Å². The minimum absolute atomic E-state index is 0.0828. The SMILES string of the molecule is CC(C(=O)NCCOc1ccccc1C(C)(C)C)N(c1cc(Cl)ccc1Cl)S(C)(=O)=O. The Morgan fingerprint density at radius 1 is 1.16 bits per heavy atom. The summed E-state index contributed by atoms with van der Waals surface area (Å²) in [7, 11) is -3.80. The van der Waals surface area contributed by atoms with Crippen LogP contribution in [0.25, 0.3) is 0 Å². The molecule has 0 saturated heterocycles. The minimum atomic E-state index is -3.80. The first kappa shape index (κ1) is 25.3. The average Bonchev–Trinajstić information content (AvgIpc) is 2.66. The third-order valence-electron chi connectivity index (χ3n) is 4.59. The van der Waals surface area contributed by atoms with Gasteiger partial charge in [-0.25, -0.2) is 8.42 Å². The lowest BCUT2D eigenvalue weighted by Gasteiger charge is -2.29. The fourth-order valence-corrected chi connectivity index (χ4v) is 4.73. The van der Waals surface area contributed by atoms with Crippen molar-refractivity contribution in [2.24, 2.45) is 0 Å². The van der Waals surface area contributed by atoms with Crippen LogP contribution >= 0.6 is 23.2 Å². The van der Waals surface area contributed by atoms with Gasteiger partial charge in [0.15, 0.2) is 0 Å². The summed E-state index contributed by atoms with van der Waals surface area (Å²) >= 11 is 12.2. The van der Waals surface area contributed by atoms with Gasteiger partial charge >= 0.3 is 0 Å². The van der Waals surface area contributed by atoms with E-state index >= 15 is 0 Å². The molecule has 0 aromatic heterocycles. The molecule has 2 aromatic carbocycles. The second-order valence-electron chi connectivity index (χ2n) is 8.22. The number of nitrogens with one attached hydrogen (secondary N) is 1. The third kappa shape index (κ3) is 6.76. The predicted molar refractivity (Wildman–Crippen MR) is 127 cm³/mol. The van der Waals surface area contributed by atoms with Crippen LogP contribution in [0.2, 0.25) is 10.0 Å². The van der Waals surface area contributed by atoms with Crippen LogP contribution in [0.15, 0.2) is 42.5 Å². The molecule has 0 radical (unpaired) electrons. The Kier molecular flexibility index (Phi) is 8.25. The standard InChI is InChI=1S/C22H28Cl2N2O4S/c1-15(26(31(5,28)29)19-14-16(23)10-11-18(19)24)21(27)25-12-13-30-20-9-7-6-8-17(20)22(2,3)4/h6-11,14-15H,12-13H2,1-5H3,(H,25,27). The molecular weight excluding hydrogens is 459 g/mol. The van der Waals surface area contributed by atoms with Crippen molar-refractivity contribution >= 4 is 44.8 Å². The van der Waals surface area contributed by atoms with Crippen molar-refractivity contribution in [3.05, 3.63) is 58.1 Å². The van der Waals surface area contributed by atoms with Crippen molar-refractivity contribution in [3.8, 4) is 5.75 Å². The monoisotopic (exact) mass is 486 g/mol. The van der Waals surface area contributed by atoms with Crippen LogP contribution in [0.1, 0.15) is 33.3 Å². The third-order valence-corrected chi connectivity index (χ3v) is 6.37. The van der Waals surface area contributed by atoms with E-state index in [2.05, 4.69) is 26.1 Å². The number of hydrogen-bond donors (Lipinski definition) is 1. The maximum atomic E-state index is 12.7. The van der Waals surface area contributed by atoms with E-state index < -0.39 is 22.0 Å². The quantitative estimate of drug-likeness (QED) is 0.551. The van der Waals surface area contributed by atoms with E-state index in [-0.39, 0.29) is 29.3 Å². The lowest BCUT2D eigenvalue weighted by molar-refractivity contribution is -0.121. The van der Waals surface area contributed by atoms with E-state index in [1.54, 1.807) is 6.07 Å². The molecule has 0 spiro atoms. The molecule has 31 heavy (non-hydrogen) atoms. The maximum Gasteiger partial charge on any atom is 0.243 e. The Hall–Kier alpha value is -1.96. The predicted octanol–water partition coefficient (Wildman–Crippen LogP) is 4.64. The molecule has 1 unspecified atom stereocenters. The van der Waals surface area contributed by atoms with Crippen molar-refractivity contribution < 1.29 is 17.9 Å². The van der Waals surface area contributed by atoms with Crippen molar-refractivity contribution in [2.45, 2.75) is 39.2 Å². The van der Waals surface area contributed by atoms with Crippen LogP contribution in [0.3, 0.4) is 0 Å². The highest BCUT2D eigenvalue weighted by Crippen LogP contribution is 2.32. The molecule has 0 saturated carbocycles. The van der Waals surface area contributed by atoms with Gasteiger partial charge in [0.2, 0.25) is 15.9 Å². The number of nitrogens with zero attached hydrogens (tertiary/aromatic N) is 1. The van der Waals surface area contributed by atoms with Gasteiger partial charge in [-0.1, -0.05) is 62.2 Å². The Labute approximate surface area is 194 Å². The number of para-hydroxylation sites is 1. The van der Waals surface area contributed by atoms with Gasteiger partial charge in [-0.2, -0.15) is 0 Å². The molecule has 1 N–H and O–H groups in total. The Balaban J connectivity index is 2.07. The van der Waals surface area contributed by atoms with E-state index in [0.717, 1.165) is 21.9 Å². The molecule has 0 aliphatic heterocycles. The molecular formula is C22H28Cl2N2O4S. The van der Waals surface area contributed by atoms with E-state index in [1.807, 2.05) is 24.3 Å². The molecule has 6 nitrogen and oxygen atoms in total.